The Morgan fingerprint density at radius 2 is 1.82 bits per heavy atom. The number of carboxylic acids is 1. The molecule has 0 saturated heterocycles. The maximum absolute atomic E-state index is 12.7. The molecule has 0 radical (unpaired) electrons. The van der Waals surface area contributed by atoms with Crippen LogP contribution in [-0.4, -0.2) is 55.5 Å². The lowest BCUT2D eigenvalue weighted by atomic mass is 9.85. The number of carbonyl (C=O) groups excluding carboxylic acids is 1. The van der Waals surface area contributed by atoms with Crippen LogP contribution in [0.2, 0.25) is 0 Å². The maximum Gasteiger partial charge on any atom is 0.345 e. The molecule has 214 valence electrons. The van der Waals surface area contributed by atoms with Gasteiger partial charge >= 0.3 is 5.97 Å². The van der Waals surface area contributed by atoms with Crippen molar-refractivity contribution < 1.29 is 38.4 Å². The van der Waals surface area contributed by atoms with Crippen LogP contribution in [0.15, 0.2) is 72.7 Å². The van der Waals surface area contributed by atoms with Crippen LogP contribution in [0.4, 0.5) is 0 Å². The maximum atomic E-state index is 12.7. The monoisotopic (exact) mass is 542 g/mol. The minimum Gasteiger partial charge on any atom is -0.479 e. The molecule has 8 nitrogen and oxygen atoms in total. The van der Waals surface area contributed by atoms with Crippen molar-refractivity contribution >= 4 is 11.8 Å². The van der Waals surface area contributed by atoms with Crippen molar-refractivity contribution in [1.82, 2.24) is 0 Å². The van der Waals surface area contributed by atoms with E-state index in [-0.39, 0.29) is 35.1 Å². The zero-order chi connectivity index (χ0) is 28.1. The van der Waals surface area contributed by atoms with Crippen LogP contribution in [0, 0.1) is 17.3 Å². The summed E-state index contributed by atoms with van der Waals surface area (Å²) in [5, 5.41) is 9.48. The van der Waals surface area contributed by atoms with E-state index in [4.69, 9.17) is 23.7 Å². The summed E-state index contributed by atoms with van der Waals surface area (Å²) in [4.78, 5) is 24.3. The first kappa shape index (κ1) is 30.3. The molecule has 3 rings (SSSR count). The molecule has 1 saturated carbocycles. The Balaban J connectivity index is 1.57. The molecule has 0 aromatic rings. The Hall–Kier alpha value is -3.26. The molecule has 2 heterocycles. The van der Waals surface area contributed by atoms with Gasteiger partial charge in [-0.1, -0.05) is 44.2 Å². The molecule has 0 spiro atoms. The second-order valence-corrected chi connectivity index (χ2v) is 10.5. The predicted molar refractivity (Wildman–Crippen MR) is 147 cm³/mol. The fourth-order valence-electron chi connectivity index (χ4n) is 4.64. The summed E-state index contributed by atoms with van der Waals surface area (Å²) in [6, 6.07) is 0. The second-order valence-electron chi connectivity index (χ2n) is 10.5. The number of carboxylic acid groups (broad SMARTS) is 1. The van der Waals surface area contributed by atoms with E-state index in [2.05, 4.69) is 19.9 Å². The van der Waals surface area contributed by atoms with E-state index in [1.54, 1.807) is 12.2 Å². The number of hydrogen-bond acceptors (Lipinski definition) is 7. The highest BCUT2D eigenvalue weighted by Gasteiger charge is 2.35. The molecule has 2 unspecified atom stereocenters. The van der Waals surface area contributed by atoms with Gasteiger partial charge in [-0.3, -0.25) is 4.79 Å². The van der Waals surface area contributed by atoms with Crippen LogP contribution in [0.5, 0.6) is 0 Å². The van der Waals surface area contributed by atoms with Gasteiger partial charge in [0.1, 0.15) is 25.1 Å². The fourth-order valence-corrected chi connectivity index (χ4v) is 4.64. The third kappa shape index (κ3) is 9.77. The predicted octanol–water partition coefficient (Wildman–Crippen LogP) is 5.64. The number of aliphatic carboxylic acids is 1. The van der Waals surface area contributed by atoms with E-state index in [0.717, 1.165) is 6.42 Å². The van der Waals surface area contributed by atoms with E-state index in [1.165, 1.54) is 0 Å². The number of allylic oxidation sites excluding steroid dienone is 7. The largest absolute Gasteiger partial charge is 0.479 e. The summed E-state index contributed by atoms with van der Waals surface area (Å²) in [7, 11) is 0. The first-order valence-electron chi connectivity index (χ1n) is 13.8. The summed E-state index contributed by atoms with van der Waals surface area (Å²) in [5.41, 5.74) is -0.312. The number of Topliss-reactive ketones (excluding diaryl/α,β-unsaturated/α-hetero) is 1. The van der Waals surface area contributed by atoms with Crippen LogP contribution < -0.4 is 0 Å². The van der Waals surface area contributed by atoms with Crippen LogP contribution in [-0.2, 0) is 33.3 Å². The molecular weight excluding hydrogens is 500 g/mol. The van der Waals surface area contributed by atoms with Crippen LogP contribution in [0.3, 0.4) is 0 Å². The lowest BCUT2D eigenvalue weighted by molar-refractivity contribution is -0.151. The molecular formula is C31H42O8. The first-order valence-corrected chi connectivity index (χ1v) is 13.8. The number of rotatable bonds is 16. The summed E-state index contributed by atoms with van der Waals surface area (Å²) < 4.78 is 28.4. The Morgan fingerprint density at radius 3 is 2.44 bits per heavy atom. The molecule has 0 aromatic heterocycles. The summed E-state index contributed by atoms with van der Waals surface area (Å²) >= 11 is 0. The highest BCUT2D eigenvalue weighted by atomic mass is 16.7. The summed E-state index contributed by atoms with van der Waals surface area (Å²) in [6.45, 7) is 8.15. The third-order valence-electron chi connectivity index (χ3n) is 6.95. The normalized spacial score (nSPS) is 22.8. The Morgan fingerprint density at radius 1 is 1.13 bits per heavy atom. The molecule has 1 aliphatic carbocycles. The van der Waals surface area contributed by atoms with Crippen molar-refractivity contribution in [2.75, 3.05) is 26.4 Å². The average Bonchev–Trinajstić information content (AvgIpc) is 3.28. The third-order valence-corrected chi connectivity index (χ3v) is 6.95. The van der Waals surface area contributed by atoms with Crippen LogP contribution in [0.1, 0.15) is 52.9 Å². The van der Waals surface area contributed by atoms with E-state index in [1.807, 2.05) is 49.5 Å². The highest BCUT2D eigenvalue weighted by molar-refractivity contribution is 5.83. The van der Waals surface area contributed by atoms with E-state index in [9.17, 15) is 14.7 Å². The fraction of sp³-hybridized carbons (Fsp3) is 0.548. The van der Waals surface area contributed by atoms with Crippen molar-refractivity contribution in [2.24, 2.45) is 17.3 Å². The molecule has 0 amide bonds. The van der Waals surface area contributed by atoms with Gasteiger partial charge in [0, 0.05) is 36.5 Å². The van der Waals surface area contributed by atoms with Gasteiger partial charge in [0.15, 0.2) is 6.10 Å². The zero-order valence-corrected chi connectivity index (χ0v) is 23.3. The molecule has 0 aromatic carbocycles. The average molecular weight is 543 g/mol. The number of ether oxygens (including phenoxy) is 5. The van der Waals surface area contributed by atoms with E-state index in [0.29, 0.717) is 58.1 Å². The van der Waals surface area contributed by atoms with Gasteiger partial charge in [0.25, 0.3) is 11.9 Å². The van der Waals surface area contributed by atoms with E-state index >= 15 is 0 Å². The standard InChI is InChI=1S/C31H42O8/c1-4-35-22-31(2,3)27(39-29-15-9-11-21-37-29)19-17-23-16-18-25(32)24(23)12-6-5-7-13-26(30(33)34)38-28-14-8-10-20-36-28/h5-6,8-11,14-15,17,19,23-24,26-27H,4,7,12-13,16,18,20-22H2,1-3H3,(H,33,34)/t23-,24-,26?,27?/m1/s1. The van der Waals surface area contributed by atoms with Gasteiger partial charge in [-0.2, -0.15) is 0 Å². The molecule has 3 aliphatic rings. The van der Waals surface area contributed by atoms with Gasteiger partial charge in [0.05, 0.1) is 6.61 Å². The summed E-state index contributed by atoms with van der Waals surface area (Å²) in [6.07, 6.45) is 20.4. The van der Waals surface area contributed by atoms with Crippen molar-refractivity contribution in [3.05, 3.63) is 72.7 Å². The lowest BCUT2D eigenvalue weighted by Crippen LogP contribution is -2.35. The van der Waals surface area contributed by atoms with Crippen LogP contribution >= 0.6 is 0 Å². The Kier molecular flexibility index (Phi) is 11.9. The smallest absolute Gasteiger partial charge is 0.345 e. The molecule has 1 N–H and O–H groups in total. The molecule has 0 bridgehead atoms. The van der Waals surface area contributed by atoms with Crippen LogP contribution in [0.25, 0.3) is 0 Å². The number of ketones is 1. The van der Waals surface area contributed by atoms with Crippen molar-refractivity contribution in [1.29, 1.82) is 0 Å². The number of hydrogen-bond donors (Lipinski definition) is 1. The summed E-state index contributed by atoms with van der Waals surface area (Å²) in [5.74, 6) is -0.0889. The van der Waals surface area contributed by atoms with Crippen molar-refractivity contribution in [3.8, 4) is 0 Å². The zero-order valence-electron chi connectivity index (χ0n) is 23.3. The van der Waals surface area contributed by atoms with Gasteiger partial charge < -0.3 is 28.8 Å². The lowest BCUT2D eigenvalue weighted by Gasteiger charge is -2.33. The highest BCUT2D eigenvalue weighted by Crippen LogP contribution is 2.35. The van der Waals surface area contributed by atoms with Gasteiger partial charge in [-0.25, -0.2) is 4.79 Å². The topological polar surface area (TPSA) is 101 Å². The van der Waals surface area contributed by atoms with Gasteiger partial charge in [0.2, 0.25) is 0 Å². The molecule has 39 heavy (non-hydrogen) atoms. The number of carbonyl (C=O) groups is 2. The first-order chi connectivity index (χ1) is 18.8. The van der Waals surface area contributed by atoms with Crippen molar-refractivity contribution in [2.45, 2.75) is 65.1 Å². The van der Waals surface area contributed by atoms with Gasteiger partial charge in [-0.15, -0.1) is 0 Å². The van der Waals surface area contributed by atoms with Gasteiger partial charge in [-0.05, 0) is 56.8 Å². The molecule has 1 fully saturated rings. The minimum atomic E-state index is -1.03. The minimum absolute atomic E-state index is 0.107. The Bertz CT molecular complexity index is 1000. The van der Waals surface area contributed by atoms with E-state index < -0.39 is 12.1 Å². The molecule has 4 atom stereocenters. The quantitative estimate of drug-likeness (QED) is 0.250. The van der Waals surface area contributed by atoms with Crippen molar-refractivity contribution in [3.63, 3.8) is 0 Å². The SMILES string of the molecule is CCOCC(C)(C)C(C=C[C@H]1CCC(=O)[C@@H]1CC=CCCC(OC1=CC=CCO1)C(=O)O)OC1=CC=CCO1. The Labute approximate surface area is 231 Å². The second kappa shape index (κ2) is 15.4. The molecule has 2 aliphatic heterocycles. The molecule has 8 heteroatoms.